The second-order valence-electron chi connectivity index (χ2n) is 6.42. The lowest BCUT2D eigenvalue weighted by atomic mass is 10.1. The largest absolute Gasteiger partial charge is 0.445 e. The van der Waals surface area contributed by atoms with Crippen molar-refractivity contribution in [3.8, 4) is 0 Å². The Morgan fingerprint density at radius 3 is 2.52 bits per heavy atom. The Morgan fingerprint density at radius 1 is 1.22 bits per heavy atom. The number of piperidine rings is 1. The van der Waals surface area contributed by atoms with Gasteiger partial charge in [-0.25, -0.2) is 4.79 Å². The van der Waals surface area contributed by atoms with Crippen molar-refractivity contribution < 1.29 is 19.0 Å². The van der Waals surface area contributed by atoms with E-state index >= 15 is 0 Å². The zero-order chi connectivity index (χ0) is 16.1. The summed E-state index contributed by atoms with van der Waals surface area (Å²) in [7, 11) is 1.75. The molecule has 23 heavy (non-hydrogen) atoms. The van der Waals surface area contributed by atoms with Gasteiger partial charge in [0.25, 0.3) is 0 Å². The van der Waals surface area contributed by atoms with Crippen LogP contribution < -0.4 is 0 Å². The third-order valence-corrected chi connectivity index (χ3v) is 4.73. The van der Waals surface area contributed by atoms with Gasteiger partial charge in [0, 0.05) is 20.2 Å². The van der Waals surface area contributed by atoms with E-state index in [-0.39, 0.29) is 17.8 Å². The molecule has 2 fully saturated rings. The summed E-state index contributed by atoms with van der Waals surface area (Å²) in [5.41, 5.74) is 0.986. The molecule has 2 aliphatic rings. The number of hydrogen-bond acceptors (Lipinski definition) is 4. The Kier molecular flexibility index (Phi) is 5.18. The highest BCUT2D eigenvalue weighted by Crippen LogP contribution is 2.39. The molecule has 1 amide bonds. The number of rotatable bonds is 6. The van der Waals surface area contributed by atoms with E-state index in [2.05, 4.69) is 0 Å². The Labute approximate surface area is 137 Å². The molecule has 0 spiro atoms. The molecule has 126 valence electrons. The number of nitrogens with zero attached hydrogens (tertiary/aromatic N) is 1. The average Bonchev–Trinajstić information content (AvgIpc) is 3.40. The fraction of sp³-hybridized carbons (Fsp3) is 0.611. The van der Waals surface area contributed by atoms with Gasteiger partial charge in [0.15, 0.2) is 0 Å². The minimum atomic E-state index is -0.233. The minimum absolute atomic E-state index is 0.0221. The average molecular weight is 319 g/mol. The van der Waals surface area contributed by atoms with Gasteiger partial charge in [-0.2, -0.15) is 0 Å². The van der Waals surface area contributed by atoms with Gasteiger partial charge in [-0.05, 0) is 31.2 Å². The molecule has 0 atom stereocenters. The SMILES string of the molecule is COC1(COC2CCN(C(=O)OCc3ccccc3)CC2)CC1. The smallest absolute Gasteiger partial charge is 0.410 e. The van der Waals surface area contributed by atoms with Crippen LogP contribution in [0.1, 0.15) is 31.2 Å². The zero-order valence-corrected chi connectivity index (χ0v) is 13.7. The van der Waals surface area contributed by atoms with Crippen LogP contribution in [-0.4, -0.2) is 49.5 Å². The van der Waals surface area contributed by atoms with E-state index in [4.69, 9.17) is 14.2 Å². The van der Waals surface area contributed by atoms with Crippen molar-refractivity contribution in [3.05, 3.63) is 35.9 Å². The molecule has 1 aromatic rings. The van der Waals surface area contributed by atoms with Crippen LogP contribution in [0.25, 0.3) is 0 Å². The molecule has 1 heterocycles. The summed E-state index contributed by atoms with van der Waals surface area (Å²) in [6.45, 7) is 2.38. The molecule has 0 N–H and O–H groups in total. The first kappa shape index (κ1) is 16.3. The number of carbonyl (C=O) groups is 1. The van der Waals surface area contributed by atoms with Crippen molar-refractivity contribution in [1.82, 2.24) is 4.90 Å². The van der Waals surface area contributed by atoms with E-state index in [0.29, 0.717) is 26.3 Å². The van der Waals surface area contributed by atoms with Gasteiger partial charge in [0.2, 0.25) is 0 Å². The number of likely N-dealkylation sites (tertiary alicyclic amines) is 1. The molecule has 0 unspecified atom stereocenters. The fourth-order valence-electron chi connectivity index (χ4n) is 2.83. The van der Waals surface area contributed by atoms with E-state index < -0.39 is 0 Å². The van der Waals surface area contributed by atoms with Crippen molar-refractivity contribution in [2.24, 2.45) is 0 Å². The molecule has 1 aliphatic carbocycles. The number of ether oxygens (including phenoxy) is 3. The van der Waals surface area contributed by atoms with E-state index in [9.17, 15) is 4.79 Å². The van der Waals surface area contributed by atoms with Crippen LogP contribution in [0.2, 0.25) is 0 Å². The second-order valence-corrected chi connectivity index (χ2v) is 6.42. The van der Waals surface area contributed by atoms with Gasteiger partial charge in [-0.15, -0.1) is 0 Å². The molecule has 1 saturated carbocycles. The van der Waals surface area contributed by atoms with E-state index in [1.54, 1.807) is 12.0 Å². The van der Waals surface area contributed by atoms with Crippen LogP contribution in [0.3, 0.4) is 0 Å². The van der Waals surface area contributed by atoms with Crippen LogP contribution in [0.4, 0.5) is 4.79 Å². The summed E-state index contributed by atoms with van der Waals surface area (Å²) >= 11 is 0. The molecule has 5 nitrogen and oxygen atoms in total. The summed E-state index contributed by atoms with van der Waals surface area (Å²) in [5.74, 6) is 0. The summed E-state index contributed by atoms with van der Waals surface area (Å²) in [5, 5.41) is 0. The Hall–Kier alpha value is -1.59. The van der Waals surface area contributed by atoms with Crippen molar-refractivity contribution in [2.45, 2.75) is 44.0 Å². The lowest BCUT2D eigenvalue weighted by Crippen LogP contribution is -2.41. The first-order valence-corrected chi connectivity index (χ1v) is 8.33. The third kappa shape index (κ3) is 4.45. The number of benzene rings is 1. The highest BCUT2D eigenvalue weighted by atomic mass is 16.6. The molecule has 1 aliphatic heterocycles. The molecule has 0 bridgehead atoms. The maximum atomic E-state index is 12.1. The Morgan fingerprint density at radius 2 is 1.91 bits per heavy atom. The zero-order valence-electron chi connectivity index (χ0n) is 13.7. The van der Waals surface area contributed by atoms with Crippen LogP contribution in [0.5, 0.6) is 0 Å². The Bertz CT molecular complexity index is 507. The van der Waals surface area contributed by atoms with Gasteiger partial charge >= 0.3 is 6.09 Å². The van der Waals surface area contributed by atoms with Crippen LogP contribution in [0.15, 0.2) is 30.3 Å². The first-order chi connectivity index (χ1) is 11.2. The van der Waals surface area contributed by atoms with Gasteiger partial charge in [-0.1, -0.05) is 30.3 Å². The summed E-state index contributed by atoms with van der Waals surface area (Å²) in [6, 6.07) is 9.75. The predicted molar refractivity (Wildman–Crippen MR) is 86.1 cm³/mol. The maximum Gasteiger partial charge on any atom is 0.410 e. The van der Waals surface area contributed by atoms with Crippen molar-refractivity contribution in [1.29, 1.82) is 0 Å². The molecule has 5 heteroatoms. The predicted octanol–water partition coefficient (Wildman–Crippen LogP) is 2.98. The maximum absolute atomic E-state index is 12.1. The molecule has 3 rings (SSSR count). The quantitative estimate of drug-likeness (QED) is 0.809. The van der Waals surface area contributed by atoms with E-state index in [1.807, 2.05) is 30.3 Å². The fourth-order valence-corrected chi connectivity index (χ4v) is 2.83. The number of methoxy groups -OCH3 is 1. The third-order valence-electron chi connectivity index (χ3n) is 4.73. The monoisotopic (exact) mass is 319 g/mol. The van der Waals surface area contributed by atoms with Crippen molar-refractivity contribution >= 4 is 6.09 Å². The molecule has 1 saturated heterocycles. The van der Waals surface area contributed by atoms with E-state index in [1.165, 1.54) is 0 Å². The standard InChI is InChI=1S/C18H25NO4/c1-21-18(9-10-18)14-23-16-7-11-19(12-8-16)17(20)22-13-15-5-3-2-4-6-15/h2-6,16H,7-14H2,1H3. The summed E-state index contributed by atoms with van der Waals surface area (Å²) in [6.07, 6.45) is 3.90. The minimum Gasteiger partial charge on any atom is -0.445 e. The highest BCUT2D eigenvalue weighted by molar-refractivity contribution is 5.67. The van der Waals surface area contributed by atoms with Gasteiger partial charge in [0.05, 0.1) is 18.3 Å². The molecular formula is C18H25NO4. The topological polar surface area (TPSA) is 48.0 Å². The lowest BCUT2D eigenvalue weighted by Gasteiger charge is -2.32. The number of carbonyl (C=O) groups excluding carboxylic acids is 1. The highest BCUT2D eigenvalue weighted by Gasteiger charge is 2.44. The lowest BCUT2D eigenvalue weighted by molar-refractivity contribution is -0.0578. The van der Waals surface area contributed by atoms with E-state index in [0.717, 1.165) is 31.2 Å². The molecule has 0 radical (unpaired) electrons. The van der Waals surface area contributed by atoms with Crippen LogP contribution in [-0.2, 0) is 20.8 Å². The molecule has 0 aromatic heterocycles. The Balaban J connectivity index is 1.36. The number of hydrogen-bond donors (Lipinski definition) is 0. The normalized spacial score (nSPS) is 20.3. The molecule has 1 aromatic carbocycles. The van der Waals surface area contributed by atoms with Gasteiger partial charge in [-0.3, -0.25) is 0 Å². The van der Waals surface area contributed by atoms with Crippen molar-refractivity contribution in [3.63, 3.8) is 0 Å². The van der Waals surface area contributed by atoms with Gasteiger partial charge < -0.3 is 19.1 Å². The first-order valence-electron chi connectivity index (χ1n) is 8.33. The van der Waals surface area contributed by atoms with Gasteiger partial charge in [0.1, 0.15) is 6.61 Å². The molecular weight excluding hydrogens is 294 g/mol. The summed E-state index contributed by atoms with van der Waals surface area (Å²) in [4.78, 5) is 13.9. The number of amides is 1. The van der Waals surface area contributed by atoms with Crippen LogP contribution >= 0.6 is 0 Å². The van der Waals surface area contributed by atoms with Crippen LogP contribution in [0, 0.1) is 0 Å². The second kappa shape index (κ2) is 7.32. The summed E-state index contributed by atoms with van der Waals surface area (Å²) < 4.78 is 16.8. The van der Waals surface area contributed by atoms with Crippen molar-refractivity contribution in [2.75, 3.05) is 26.8 Å².